The van der Waals surface area contributed by atoms with Gasteiger partial charge < -0.3 is 4.74 Å². The summed E-state index contributed by atoms with van der Waals surface area (Å²) in [5, 5.41) is 10.7. The molecule has 3 atom stereocenters. The minimum absolute atomic E-state index is 0.0776. The van der Waals surface area contributed by atoms with E-state index >= 15 is 0 Å². The zero-order valence-electron chi connectivity index (χ0n) is 11.2. The Balaban J connectivity index is 2.34. The third-order valence-corrected chi connectivity index (χ3v) is 5.65. The van der Waals surface area contributed by atoms with Gasteiger partial charge in [0.2, 0.25) is 6.54 Å². The van der Waals surface area contributed by atoms with E-state index in [2.05, 4.69) is 22.6 Å². The number of halogens is 2. The highest BCUT2D eigenvalue weighted by Gasteiger charge is 2.48. The van der Waals surface area contributed by atoms with Crippen LogP contribution in [0.4, 0.5) is 4.39 Å². The SMILES string of the molecule is CCC(I)C1(c2ccccc2F)CCC(C[N+](=O)[O-])O1. The first kappa shape index (κ1) is 15.6. The van der Waals surface area contributed by atoms with Crippen molar-refractivity contribution in [3.05, 3.63) is 45.8 Å². The molecular formula is C14H17FINO3. The van der Waals surface area contributed by atoms with Crippen molar-refractivity contribution < 1.29 is 14.1 Å². The number of nitro groups is 1. The fourth-order valence-electron chi connectivity index (χ4n) is 2.82. The maximum absolute atomic E-state index is 14.2. The first-order valence-electron chi connectivity index (χ1n) is 6.68. The second-order valence-corrected chi connectivity index (χ2v) is 6.54. The second kappa shape index (κ2) is 6.34. The molecule has 0 aromatic heterocycles. The largest absolute Gasteiger partial charge is 0.359 e. The molecule has 1 aromatic carbocycles. The van der Waals surface area contributed by atoms with Gasteiger partial charge in [-0.3, -0.25) is 10.1 Å². The summed E-state index contributed by atoms with van der Waals surface area (Å²) in [6, 6.07) is 6.57. The van der Waals surface area contributed by atoms with Gasteiger partial charge >= 0.3 is 0 Å². The molecule has 0 radical (unpaired) electrons. The summed E-state index contributed by atoms with van der Waals surface area (Å²) in [6.45, 7) is 1.80. The molecule has 1 saturated heterocycles. The van der Waals surface area contributed by atoms with Crippen LogP contribution in [0.3, 0.4) is 0 Å². The summed E-state index contributed by atoms with van der Waals surface area (Å²) in [4.78, 5) is 10.3. The fourth-order valence-corrected chi connectivity index (χ4v) is 3.61. The highest BCUT2D eigenvalue weighted by Crippen LogP contribution is 2.47. The van der Waals surface area contributed by atoms with E-state index in [1.165, 1.54) is 6.07 Å². The lowest BCUT2D eigenvalue weighted by atomic mass is 9.86. The van der Waals surface area contributed by atoms with Crippen LogP contribution in [0.2, 0.25) is 0 Å². The second-order valence-electron chi connectivity index (χ2n) is 5.04. The van der Waals surface area contributed by atoms with E-state index in [1.807, 2.05) is 6.92 Å². The van der Waals surface area contributed by atoms with Crippen LogP contribution in [0, 0.1) is 15.9 Å². The van der Waals surface area contributed by atoms with Crippen molar-refractivity contribution in [2.45, 2.75) is 41.8 Å². The van der Waals surface area contributed by atoms with Gasteiger partial charge in [-0.15, -0.1) is 0 Å². The molecule has 1 aliphatic heterocycles. The molecule has 2 rings (SSSR count). The fraction of sp³-hybridized carbons (Fsp3) is 0.571. The van der Waals surface area contributed by atoms with Crippen LogP contribution in [0.5, 0.6) is 0 Å². The Bertz CT molecular complexity index is 499. The number of hydrogen-bond donors (Lipinski definition) is 0. The van der Waals surface area contributed by atoms with Crippen molar-refractivity contribution >= 4 is 22.6 Å². The summed E-state index contributed by atoms with van der Waals surface area (Å²) < 4.78 is 20.2. The lowest BCUT2D eigenvalue weighted by molar-refractivity contribution is -0.491. The minimum Gasteiger partial charge on any atom is -0.359 e. The Morgan fingerprint density at radius 1 is 1.60 bits per heavy atom. The average Bonchev–Trinajstić information content (AvgIpc) is 2.82. The van der Waals surface area contributed by atoms with Gasteiger partial charge in [-0.25, -0.2) is 4.39 Å². The number of ether oxygens (including phenoxy) is 1. The summed E-state index contributed by atoms with van der Waals surface area (Å²) in [5.41, 5.74) is -0.228. The summed E-state index contributed by atoms with van der Waals surface area (Å²) in [6.07, 6.45) is 1.59. The molecule has 0 N–H and O–H groups in total. The van der Waals surface area contributed by atoms with Gasteiger partial charge in [-0.2, -0.15) is 0 Å². The molecule has 1 fully saturated rings. The van der Waals surface area contributed by atoms with E-state index in [1.54, 1.807) is 18.2 Å². The van der Waals surface area contributed by atoms with Crippen LogP contribution in [-0.2, 0) is 10.3 Å². The topological polar surface area (TPSA) is 52.4 Å². The predicted octanol–water partition coefficient (Wildman–Crippen LogP) is 3.69. The van der Waals surface area contributed by atoms with Gasteiger partial charge in [0.1, 0.15) is 17.5 Å². The van der Waals surface area contributed by atoms with Crippen molar-refractivity contribution in [3.63, 3.8) is 0 Å². The zero-order valence-corrected chi connectivity index (χ0v) is 13.4. The van der Waals surface area contributed by atoms with E-state index in [4.69, 9.17) is 4.74 Å². The molecule has 0 bridgehead atoms. The normalized spacial score (nSPS) is 27.4. The van der Waals surface area contributed by atoms with Gasteiger partial charge in [0.15, 0.2) is 0 Å². The first-order chi connectivity index (χ1) is 9.49. The quantitative estimate of drug-likeness (QED) is 0.332. The minimum atomic E-state index is -0.749. The van der Waals surface area contributed by atoms with Gasteiger partial charge in [0.25, 0.3) is 0 Å². The summed E-state index contributed by atoms with van der Waals surface area (Å²) in [7, 11) is 0. The molecule has 1 aliphatic rings. The van der Waals surface area contributed by atoms with Crippen molar-refractivity contribution in [1.29, 1.82) is 0 Å². The molecule has 0 amide bonds. The van der Waals surface area contributed by atoms with E-state index < -0.39 is 11.7 Å². The lowest BCUT2D eigenvalue weighted by Gasteiger charge is -2.34. The van der Waals surface area contributed by atoms with Gasteiger partial charge in [-0.1, -0.05) is 47.7 Å². The van der Waals surface area contributed by atoms with E-state index in [0.29, 0.717) is 18.4 Å². The molecule has 0 aliphatic carbocycles. The smallest absolute Gasteiger partial charge is 0.229 e. The molecule has 20 heavy (non-hydrogen) atoms. The van der Waals surface area contributed by atoms with Crippen LogP contribution in [0.15, 0.2) is 24.3 Å². The standard InChI is InChI=1S/C14H17FINO3/c1-2-13(16)14(11-5-3-4-6-12(11)15)8-7-10(20-14)9-17(18)19/h3-6,10,13H,2,7-9H2,1H3. The molecule has 3 unspecified atom stereocenters. The van der Waals surface area contributed by atoms with E-state index in [-0.39, 0.29) is 21.2 Å². The maximum atomic E-state index is 14.2. The van der Waals surface area contributed by atoms with Crippen molar-refractivity contribution in [2.75, 3.05) is 6.54 Å². The lowest BCUT2D eigenvalue weighted by Crippen LogP contribution is -2.37. The summed E-state index contributed by atoms with van der Waals surface area (Å²) in [5.74, 6) is -0.302. The number of hydrogen-bond acceptors (Lipinski definition) is 3. The van der Waals surface area contributed by atoms with Crippen LogP contribution in [0.25, 0.3) is 0 Å². The van der Waals surface area contributed by atoms with Crippen LogP contribution < -0.4 is 0 Å². The highest BCUT2D eigenvalue weighted by atomic mass is 127. The Morgan fingerprint density at radius 2 is 2.30 bits per heavy atom. The van der Waals surface area contributed by atoms with Crippen molar-refractivity contribution in [1.82, 2.24) is 0 Å². The highest BCUT2D eigenvalue weighted by molar-refractivity contribution is 14.1. The number of alkyl halides is 1. The van der Waals surface area contributed by atoms with Gasteiger partial charge in [0.05, 0.1) is 0 Å². The van der Waals surface area contributed by atoms with Gasteiger partial charge in [0, 0.05) is 14.4 Å². The van der Waals surface area contributed by atoms with Crippen LogP contribution >= 0.6 is 22.6 Å². The van der Waals surface area contributed by atoms with Crippen LogP contribution in [0.1, 0.15) is 31.7 Å². The van der Waals surface area contributed by atoms with E-state index in [9.17, 15) is 14.5 Å². The molecule has 4 nitrogen and oxygen atoms in total. The Kier molecular flexibility index (Phi) is 4.95. The zero-order chi connectivity index (χ0) is 14.8. The number of benzene rings is 1. The van der Waals surface area contributed by atoms with Crippen molar-refractivity contribution in [3.8, 4) is 0 Å². The first-order valence-corrected chi connectivity index (χ1v) is 7.93. The molecular weight excluding hydrogens is 376 g/mol. The molecule has 110 valence electrons. The Labute approximate surface area is 131 Å². The third kappa shape index (κ3) is 2.95. The Morgan fingerprint density at radius 3 is 2.90 bits per heavy atom. The maximum Gasteiger partial charge on any atom is 0.229 e. The van der Waals surface area contributed by atoms with Gasteiger partial charge in [-0.05, 0) is 25.3 Å². The number of nitrogens with zero attached hydrogens (tertiary/aromatic N) is 1. The molecule has 6 heteroatoms. The molecule has 0 saturated carbocycles. The monoisotopic (exact) mass is 393 g/mol. The average molecular weight is 393 g/mol. The predicted molar refractivity (Wildman–Crippen MR) is 82.1 cm³/mol. The molecule has 1 heterocycles. The van der Waals surface area contributed by atoms with Crippen LogP contribution in [-0.4, -0.2) is 21.5 Å². The Hall–Kier alpha value is -0.760. The third-order valence-electron chi connectivity index (χ3n) is 3.76. The molecule has 0 spiro atoms. The molecule has 1 aromatic rings. The van der Waals surface area contributed by atoms with Crippen molar-refractivity contribution in [2.24, 2.45) is 0 Å². The number of rotatable bonds is 5. The summed E-state index contributed by atoms with van der Waals surface area (Å²) >= 11 is 2.26. The van der Waals surface area contributed by atoms with E-state index in [0.717, 1.165) is 6.42 Å².